The van der Waals surface area contributed by atoms with Crippen LogP contribution in [0, 0.1) is 0 Å². The first-order valence-corrected chi connectivity index (χ1v) is 8.93. The second-order valence-corrected chi connectivity index (χ2v) is 6.65. The summed E-state index contributed by atoms with van der Waals surface area (Å²) in [5.74, 6) is 0. The molecule has 0 spiro atoms. The lowest BCUT2D eigenvalue weighted by atomic mass is 10.0. The summed E-state index contributed by atoms with van der Waals surface area (Å²) >= 11 is 3.38. The van der Waals surface area contributed by atoms with Crippen LogP contribution in [0.1, 0.15) is 0 Å². The number of hydrogen-bond acceptors (Lipinski definition) is 5. The molecule has 28 heavy (non-hydrogen) atoms. The van der Waals surface area contributed by atoms with Gasteiger partial charge in [0.15, 0.2) is 12.3 Å². The molecular weight excluding hydrogens is 436 g/mol. The molecule has 1 aromatic carbocycles. The van der Waals surface area contributed by atoms with E-state index < -0.39 is 18.7 Å². The molecule has 7 nitrogen and oxygen atoms in total. The molecule has 0 bridgehead atoms. The van der Waals surface area contributed by atoms with Crippen molar-refractivity contribution in [2.45, 2.75) is 6.43 Å². The van der Waals surface area contributed by atoms with Gasteiger partial charge in [0.25, 0.3) is 12.4 Å². The monoisotopic (exact) mass is 447 g/mol. The molecule has 3 aromatic heterocycles. The van der Waals surface area contributed by atoms with Gasteiger partial charge in [-0.05, 0) is 29.8 Å². The van der Waals surface area contributed by atoms with Crippen LogP contribution in [0.4, 0.5) is 8.78 Å². The van der Waals surface area contributed by atoms with Crippen molar-refractivity contribution in [3.8, 4) is 28.5 Å². The van der Waals surface area contributed by atoms with Gasteiger partial charge in [0.1, 0.15) is 5.69 Å². The minimum Gasteiger partial charge on any atom is -0.459 e. The summed E-state index contributed by atoms with van der Waals surface area (Å²) in [5, 5.41) is 4.35. The van der Waals surface area contributed by atoms with Crippen LogP contribution in [0.5, 0.6) is 6.01 Å². The topological polar surface area (TPSA) is 85.2 Å². The Morgan fingerprint density at radius 2 is 1.96 bits per heavy atom. The number of alkyl halides is 2. The van der Waals surface area contributed by atoms with Gasteiger partial charge in [-0.25, -0.2) is 13.6 Å². The molecule has 0 saturated heterocycles. The van der Waals surface area contributed by atoms with Gasteiger partial charge in [0.2, 0.25) is 0 Å². The highest BCUT2D eigenvalue weighted by atomic mass is 79.9. The van der Waals surface area contributed by atoms with Crippen molar-refractivity contribution in [2.75, 3.05) is 6.61 Å². The summed E-state index contributed by atoms with van der Waals surface area (Å²) in [7, 11) is 0. The van der Waals surface area contributed by atoms with E-state index in [0.29, 0.717) is 17.0 Å². The van der Waals surface area contributed by atoms with Gasteiger partial charge in [-0.2, -0.15) is 14.6 Å². The van der Waals surface area contributed by atoms with Crippen LogP contribution < -0.4 is 10.4 Å². The van der Waals surface area contributed by atoms with Crippen molar-refractivity contribution in [2.24, 2.45) is 0 Å². The van der Waals surface area contributed by atoms with Gasteiger partial charge in [0, 0.05) is 10.7 Å². The van der Waals surface area contributed by atoms with Crippen LogP contribution in [0.15, 0.2) is 57.9 Å². The molecule has 4 aromatic rings. The molecular formula is C18H12BrF2N5O2. The van der Waals surface area contributed by atoms with Crippen molar-refractivity contribution in [3.63, 3.8) is 0 Å². The predicted molar refractivity (Wildman–Crippen MR) is 101 cm³/mol. The highest BCUT2D eigenvalue weighted by Gasteiger charge is 2.21. The molecule has 0 aliphatic carbocycles. The van der Waals surface area contributed by atoms with Crippen molar-refractivity contribution in [1.29, 1.82) is 0 Å². The molecule has 0 aliphatic heterocycles. The fraction of sp³-hybridized carbons (Fsp3) is 0.111. The maximum atomic E-state index is 12.5. The number of fused-ring (bicyclic) bond motifs is 1. The number of benzene rings is 1. The normalized spacial score (nSPS) is 11.3. The maximum absolute atomic E-state index is 12.5. The molecule has 0 aliphatic rings. The number of aromatic amines is 1. The Labute approximate surface area is 165 Å². The van der Waals surface area contributed by atoms with Gasteiger partial charge < -0.3 is 4.74 Å². The number of hydrogen-bond donors (Lipinski definition) is 1. The number of nitrogens with one attached hydrogen (secondary N) is 1. The fourth-order valence-electron chi connectivity index (χ4n) is 2.70. The van der Waals surface area contributed by atoms with Crippen LogP contribution in [-0.2, 0) is 0 Å². The molecule has 1 N–H and O–H groups in total. The SMILES string of the molecule is O=c1[nH]c(OCC(F)F)nc2c(-c3ccc(Br)cc3)c(-c3ccccn3)nn12. The molecule has 3 heterocycles. The number of pyridine rings is 1. The van der Waals surface area contributed by atoms with E-state index in [9.17, 15) is 13.6 Å². The summed E-state index contributed by atoms with van der Waals surface area (Å²) in [6, 6.07) is 12.3. The van der Waals surface area contributed by atoms with Gasteiger partial charge in [-0.1, -0.05) is 34.1 Å². The third-order valence-corrected chi connectivity index (χ3v) is 4.39. The minimum absolute atomic E-state index is 0.177. The number of aromatic nitrogens is 5. The predicted octanol–water partition coefficient (Wildman–Crippen LogP) is 3.55. The van der Waals surface area contributed by atoms with E-state index in [1.165, 1.54) is 0 Å². The Morgan fingerprint density at radius 3 is 2.64 bits per heavy atom. The zero-order valence-electron chi connectivity index (χ0n) is 14.1. The van der Waals surface area contributed by atoms with E-state index in [2.05, 4.69) is 36.0 Å². The smallest absolute Gasteiger partial charge is 0.352 e. The van der Waals surface area contributed by atoms with E-state index in [1.54, 1.807) is 24.4 Å². The van der Waals surface area contributed by atoms with Crippen LogP contribution in [0.3, 0.4) is 0 Å². The Morgan fingerprint density at radius 1 is 1.18 bits per heavy atom. The second-order valence-electron chi connectivity index (χ2n) is 5.73. The van der Waals surface area contributed by atoms with Crippen molar-refractivity contribution in [1.82, 2.24) is 24.6 Å². The Bertz CT molecular complexity index is 1180. The van der Waals surface area contributed by atoms with Crippen LogP contribution in [-0.4, -0.2) is 37.6 Å². The molecule has 10 heteroatoms. The van der Waals surface area contributed by atoms with Crippen LogP contribution >= 0.6 is 15.9 Å². The first-order valence-electron chi connectivity index (χ1n) is 8.14. The van der Waals surface area contributed by atoms with Crippen LogP contribution in [0.25, 0.3) is 28.2 Å². The summed E-state index contributed by atoms with van der Waals surface area (Å²) in [5.41, 5.74) is 1.77. The van der Waals surface area contributed by atoms with Crippen LogP contribution in [0.2, 0.25) is 0 Å². The minimum atomic E-state index is -2.69. The summed E-state index contributed by atoms with van der Waals surface area (Å²) in [4.78, 5) is 23.3. The van der Waals surface area contributed by atoms with E-state index >= 15 is 0 Å². The molecule has 142 valence electrons. The number of halogens is 3. The van der Waals surface area contributed by atoms with E-state index in [0.717, 1.165) is 14.6 Å². The average molecular weight is 448 g/mol. The zero-order valence-corrected chi connectivity index (χ0v) is 15.7. The molecule has 0 atom stereocenters. The van der Waals surface area contributed by atoms with Gasteiger partial charge >= 0.3 is 5.69 Å². The number of rotatable bonds is 5. The zero-order chi connectivity index (χ0) is 19.7. The van der Waals surface area contributed by atoms with Gasteiger partial charge in [-0.15, -0.1) is 0 Å². The largest absolute Gasteiger partial charge is 0.459 e. The lowest BCUT2D eigenvalue weighted by Crippen LogP contribution is -2.21. The fourth-order valence-corrected chi connectivity index (χ4v) is 2.96. The summed E-state index contributed by atoms with van der Waals surface area (Å²) < 4.78 is 31.8. The van der Waals surface area contributed by atoms with E-state index in [1.807, 2.05) is 24.3 Å². The Hall–Kier alpha value is -3.14. The molecule has 0 amide bonds. The standard InChI is InChI=1S/C18H12BrF2N5O2/c19-11-6-4-10(5-7-11)14-15(12-3-1-2-8-22-12)25-26-16(14)23-17(24-18(26)27)28-9-13(20)21/h1-8,13H,9H2,(H,23,24,27). The average Bonchev–Trinajstić information content (AvgIpc) is 3.08. The van der Waals surface area contributed by atoms with E-state index in [-0.39, 0.29) is 11.7 Å². The molecule has 0 saturated carbocycles. The highest BCUT2D eigenvalue weighted by molar-refractivity contribution is 9.10. The quantitative estimate of drug-likeness (QED) is 0.505. The number of H-pyrrole nitrogens is 1. The van der Waals surface area contributed by atoms with Gasteiger partial charge in [-0.3, -0.25) is 9.97 Å². The number of ether oxygens (including phenoxy) is 1. The van der Waals surface area contributed by atoms with Crippen molar-refractivity contribution < 1.29 is 13.5 Å². The molecule has 0 unspecified atom stereocenters. The van der Waals surface area contributed by atoms with Crippen molar-refractivity contribution >= 4 is 21.6 Å². The maximum Gasteiger partial charge on any atom is 0.352 e. The lowest BCUT2D eigenvalue weighted by Gasteiger charge is -2.05. The first-order chi connectivity index (χ1) is 13.5. The third kappa shape index (κ3) is 3.50. The van der Waals surface area contributed by atoms with Gasteiger partial charge in [0.05, 0.1) is 11.3 Å². The Balaban J connectivity index is 1.98. The van der Waals surface area contributed by atoms with Crippen molar-refractivity contribution in [3.05, 3.63) is 63.6 Å². The first kappa shape index (κ1) is 18.2. The highest BCUT2D eigenvalue weighted by Crippen LogP contribution is 2.33. The molecule has 0 radical (unpaired) electrons. The van der Waals surface area contributed by atoms with E-state index in [4.69, 9.17) is 4.74 Å². The third-order valence-electron chi connectivity index (χ3n) is 3.86. The second kappa shape index (κ2) is 7.47. The molecule has 4 rings (SSSR count). The summed E-state index contributed by atoms with van der Waals surface area (Å²) in [6.45, 7) is -0.881. The number of nitrogens with zero attached hydrogens (tertiary/aromatic N) is 4. The Kier molecular flexibility index (Phi) is 4.86. The lowest BCUT2D eigenvalue weighted by molar-refractivity contribution is 0.0768. The summed E-state index contributed by atoms with van der Waals surface area (Å²) in [6.07, 6.45) is -1.08. The molecule has 0 fully saturated rings.